The van der Waals surface area contributed by atoms with E-state index in [2.05, 4.69) is 10.3 Å². The van der Waals surface area contributed by atoms with Gasteiger partial charge in [-0.25, -0.2) is 9.78 Å². The van der Waals surface area contributed by atoms with Gasteiger partial charge < -0.3 is 20.9 Å². The van der Waals surface area contributed by atoms with Gasteiger partial charge in [-0.1, -0.05) is 6.08 Å². The van der Waals surface area contributed by atoms with Crippen molar-refractivity contribution in [1.82, 2.24) is 15.2 Å². The summed E-state index contributed by atoms with van der Waals surface area (Å²) in [4.78, 5) is 42.2. The lowest BCUT2D eigenvalue weighted by Gasteiger charge is -2.49. The summed E-state index contributed by atoms with van der Waals surface area (Å²) >= 11 is 4.11. The van der Waals surface area contributed by atoms with E-state index in [-0.39, 0.29) is 5.88 Å². The number of nitrogens with one attached hydrogen (secondary N) is 1. The number of aromatic nitrogens is 1. The molecule has 2 aliphatic heterocycles. The highest BCUT2D eigenvalue weighted by atomic mass is 32.2. The Balaban J connectivity index is 1.55. The van der Waals surface area contributed by atoms with Gasteiger partial charge in [-0.3, -0.25) is 14.5 Å². The molecule has 30 heavy (non-hydrogen) atoms. The van der Waals surface area contributed by atoms with E-state index in [1.54, 1.807) is 18.4 Å². The summed E-state index contributed by atoms with van der Waals surface area (Å²) in [5.41, 5.74) is 7.83. The van der Waals surface area contributed by atoms with Crippen LogP contribution >= 0.6 is 34.4 Å². The van der Waals surface area contributed by atoms with Gasteiger partial charge in [-0.15, -0.1) is 23.1 Å². The molecule has 4 heterocycles. The molecule has 2 aromatic rings. The number of carboxylic acid groups (broad SMARTS) is 1. The number of allylic oxidation sites excluding steroid dienone is 1. The number of ether oxygens (including phenoxy) is 1. The fourth-order valence-electron chi connectivity index (χ4n) is 3.22. The molecule has 9 nitrogen and oxygen atoms in total. The maximum atomic E-state index is 12.8. The number of nitrogen functional groups attached to an aromatic ring is 1. The molecule has 0 unspecified atom stereocenters. The lowest BCUT2D eigenvalue weighted by molar-refractivity contribution is -0.148. The van der Waals surface area contributed by atoms with E-state index < -0.39 is 29.4 Å². The number of carbonyl (C=O) groups excluding carboxylic acids is 2. The molecule has 1 fully saturated rings. The molecule has 0 bridgehead atoms. The first kappa shape index (κ1) is 20.4. The molecule has 0 aromatic carbocycles. The van der Waals surface area contributed by atoms with E-state index in [0.717, 1.165) is 5.56 Å². The summed E-state index contributed by atoms with van der Waals surface area (Å²) in [6.07, 6.45) is 0.104. The minimum absolute atomic E-state index is 0.00122. The Bertz CT molecular complexity index is 1080. The van der Waals surface area contributed by atoms with Crippen molar-refractivity contribution < 1.29 is 24.2 Å². The third-order valence-corrected chi connectivity index (χ3v) is 7.23. The average molecular weight is 465 g/mol. The van der Waals surface area contributed by atoms with Crippen LogP contribution in [0.4, 0.5) is 9.93 Å². The number of thioether (sulfide) groups is 1. The van der Waals surface area contributed by atoms with Crippen LogP contribution < -0.4 is 11.1 Å². The number of thiazole rings is 1. The topological polar surface area (TPSA) is 135 Å². The number of nitrogens with two attached hydrogens (primary N) is 1. The molecular weight excluding hydrogens is 448 g/mol. The Labute approximate surface area is 183 Å². The van der Waals surface area contributed by atoms with Crippen LogP contribution in [0.15, 0.2) is 34.2 Å². The lowest BCUT2D eigenvalue weighted by Crippen LogP contribution is -2.70. The van der Waals surface area contributed by atoms with Crippen LogP contribution in [0.3, 0.4) is 0 Å². The second kappa shape index (κ2) is 8.13. The summed E-state index contributed by atoms with van der Waals surface area (Å²) in [5, 5.41) is 17.2. The fourth-order valence-corrected chi connectivity index (χ4v) is 5.81. The molecule has 2 atom stereocenters. The molecule has 4 rings (SSSR count). The zero-order valence-electron chi connectivity index (χ0n) is 15.5. The highest BCUT2D eigenvalue weighted by Crippen LogP contribution is 2.44. The second-order valence-electron chi connectivity index (χ2n) is 6.30. The Kier molecular flexibility index (Phi) is 5.54. The number of nitrogens with zero attached hydrogens (tertiary/aromatic N) is 2. The summed E-state index contributed by atoms with van der Waals surface area (Å²) in [5.74, 6) is -0.439. The molecule has 4 N–H and O–H groups in total. The molecule has 0 spiro atoms. The number of fused-ring (bicyclic) bond motifs is 1. The van der Waals surface area contributed by atoms with Gasteiger partial charge in [0, 0.05) is 16.7 Å². The van der Waals surface area contributed by atoms with Crippen molar-refractivity contribution in [3.8, 4) is 0 Å². The highest BCUT2D eigenvalue weighted by molar-refractivity contribution is 8.00. The first-order valence-electron chi connectivity index (χ1n) is 8.70. The van der Waals surface area contributed by atoms with Crippen molar-refractivity contribution in [3.63, 3.8) is 0 Å². The summed E-state index contributed by atoms with van der Waals surface area (Å²) < 4.78 is 4.97. The quantitative estimate of drug-likeness (QED) is 0.349. The molecule has 2 aliphatic rings. The molecule has 0 aliphatic carbocycles. The predicted molar refractivity (Wildman–Crippen MR) is 116 cm³/mol. The van der Waals surface area contributed by atoms with E-state index in [4.69, 9.17) is 15.6 Å². The van der Waals surface area contributed by atoms with E-state index in [9.17, 15) is 14.4 Å². The zero-order chi connectivity index (χ0) is 21.4. The van der Waals surface area contributed by atoms with Crippen LogP contribution in [-0.4, -0.2) is 50.1 Å². The number of thiophene rings is 1. The molecule has 2 aromatic heterocycles. The number of amides is 2. The molecule has 0 saturated carbocycles. The Morgan fingerprint density at radius 1 is 1.43 bits per heavy atom. The van der Waals surface area contributed by atoms with Crippen molar-refractivity contribution in [3.05, 3.63) is 45.4 Å². The Morgan fingerprint density at radius 3 is 2.83 bits per heavy atom. The molecular formula is C18H16N4O5S3. The normalized spacial score (nSPS) is 21.2. The van der Waals surface area contributed by atoms with Gasteiger partial charge in [0.25, 0.3) is 11.8 Å². The van der Waals surface area contributed by atoms with Gasteiger partial charge in [0.05, 0.1) is 11.3 Å². The van der Waals surface area contributed by atoms with Gasteiger partial charge in [0.1, 0.15) is 11.4 Å². The second-order valence-corrected chi connectivity index (χ2v) is 9.07. The van der Waals surface area contributed by atoms with Gasteiger partial charge in [0.2, 0.25) is 5.88 Å². The summed E-state index contributed by atoms with van der Waals surface area (Å²) in [6.45, 7) is 1.70. The van der Waals surface area contributed by atoms with Crippen molar-refractivity contribution in [2.24, 2.45) is 0 Å². The third-order valence-electron chi connectivity index (χ3n) is 4.59. The number of anilines is 1. The monoisotopic (exact) mass is 464 g/mol. The summed E-state index contributed by atoms with van der Waals surface area (Å²) in [7, 11) is 0. The largest absolute Gasteiger partial charge is 0.512 e. The molecule has 2 amide bonds. The number of hydrogen-bond acceptors (Lipinski definition) is 9. The van der Waals surface area contributed by atoms with Gasteiger partial charge >= 0.3 is 6.16 Å². The van der Waals surface area contributed by atoms with Crippen molar-refractivity contribution in [1.29, 1.82) is 0 Å². The van der Waals surface area contributed by atoms with Crippen LogP contribution in [0.1, 0.15) is 18.2 Å². The Hall–Kier alpha value is -2.83. The molecule has 12 heteroatoms. The Morgan fingerprint density at radius 2 is 2.23 bits per heavy atom. The van der Waals surface area contributed by atoms with Crippen LogP contribution in [-0.2, 0) is 14.3 Å². The molecule has 156 valence electrons. The summed E-state index contributed by atoms with van der Waals surface area (Å²) in [6, 6.07) is 1.04. The van der Waals surface area contributed by atoms with Crippen molar-refractivity contribution >= 4 is 68.7 Å². The van der Waals surface area contributed by atoms with Crippen molar-refractivity contribution in [2.45, 2.75) is 18.3 Å². The average Bonchev–Trinajstić information content (AvgIpc) is 3.38. The van der Waals surface area contributed by atoms with Crippen LogP contribution in [0.5, 0.6) is 0 Å². The maximum absolute atomic E-state index is 12.8. The lowest BCUT2D eigenvalue weighted by atomic mass is 10.0. The van der Waals surface area contributed by atoms with E-state index in [0.29, 0.717) is 27.7 Å². The third kappa shape index (κ3) is 3.57. The molecule has 0 radical (unpaired) electrons. The minimum atomic E-state index is -1.50. The number of hydrogen-bond donors (Lipinski definition) is 3. The number of rotatable bonds is 5. The van der Waals surface area contributed by atoms with E-state index in [1.165, 1.54) is 39.3 Å². The van der Waals surface area contributed by atoms with Gasteiger partial charge in [-0.2, -0.15) is 11.3 Å². The van der Waals surface area contributed by atoms with Crippen molar-refractivity contribution in [2.75, 3.05) is 11.5 Å². The van der Waals surface area contributed by atoms with Crippen LogP contribution in [0, 0.1) is 0 Å². The molecule has 1 saturated heterocycles. The SMILES string of the molecule is C/C=C(\C(=O)N[C@@H]1C(=O)N2C(OC(=O)O)=C(c3ccsc3)CS[C@@H]12)c1csc(N)n1. The maximum Gasteiger partial charge on any atom is 0.512 e. The number of β-lactam (4-membered cyclic amide) rings is 1. The predicted octanol–water partition coefficient (Wildman–Crippen LogP) is 2.65. The first-order chi connectivity index (χ1) is 14.4. The highest BCUT2D eigenvalue weighted by Gasteiger charge is 2.54. The fraction of sp³-hybridized carbons (Fsp3) is 0.222. The standard InChI is InChI=1S/C18H16N4O5S3/c1-2-9(11-7-30-17(19)20-11)13(23)21-12-14(24)22-15(27-18(25)26)10(6-29-16(12)22)8-3-4-28-5-8/h2-5,7,12,16H,6H2,1H3,(H2,19,20)(H,21,23)(H,25,26)/b9-2-/t12-,16+/m1/s1. The van der Waals surface area contributed by atoms with E-state index >= 15 is 0 Å². The number of carbonyl (C=O) groups is 3. The van der Waals surface area contributed by atoms with Crippen LogP contribution in [0.25, 0.3) is 11.1 Å². The smallest absolute Gasteiger partial charge is 0.449 e. The first-order valence-corrected chi connectivity index (χ1v) is 11.6. The zero-order valence-corrected chi connectivity index (χ0v) is 18.0. The van der Waals surface area contributed by atoms with Gasteiger partial charge in [-0.05, 0) is 29.3 Å². The van der Waals surface area contributed by atoms with Gasteiger partial charge in [0.15, 0.2) is 5.13 Å². The van der Waals surface area contributed by atoms with E-state index in [1.807, 2.05) is 16.8 Å². The van der Waals surface area contributed by atoms with Crippen LogP contribution in [0.2, 0.25) is 0 Å². The minimum Gasteiger partial charge on any atom is -0.449 e.